The summed E-state index contributed by atoms with van der Waals surface area (Å²) in [5, 5.41) is 12.9. The van der Waals surface area contributed by atoms with Crippen molar-refractivity contribution in [2.24, 2.45) is 17.8 Å². The second-order valence-corrected chi connectivity index (χ2v) is 5.79. The molecule has 1 aromatic rings. The third-order valence-electron chi connectivity index (χ3n) is 3.62. The fourth-order valence-electron chi connectivity index (χ4n) is 2.64. The van der Waals surface area contributed by atoms with Gasteiger partial charge in [-0.3, -0.25) is 4.79 Å². The normalized spacial score (nSPS) is 23.1. The van der Waals surface area contributed by atoms with Crippen LogP contribution in [0.15, 0.2) is 4.52 Å². The first kappa shape index (κ1) is 13.1. The van der Waals surface area contributed by atoms with E-state index in [1.807, 2.05) is 0 Å². The molecule has 0 amide bonds. The van der Waals surface area contributed by atoms with Crippen molar-refractivity contribution in [1.29, 1.82) is 0 Å². The molecule has 2 rings (SSSR count). The maximum Gasteiger partial charge on any atom is 0.307 e. The Kier molecular flexibility index (Phi) is 3.41. The molecular formula is C13H20N2O3. The van der Waals surface area contributed by atoms with Crippen LogP contribution in [0.1, 0.15) is 57.7 Å². The van der Waals surface area contributed by atoms with Crippen molar-refractivity contribution < 1.29 is 14.4 Å². The predicted octanol–water partition coefficient (Wildman–Crippen LogP) is 2.65. The van der Waals surface area contributed by atoms with E-state index in [0.717, 1.165) is 0 Å². The molecule has 1 aliphatic rings. The summed E-state index contributed by atoms with van der Waals surface area (Å²) in [6, 6.07) is 0. The number of hydrogen-bond donors (Lipinski definition) is 1. The second-order valence-electron chi connectivity index (χ2n) is 5.79. The largest absolute Gasteiger partial charge is 0.481 e. The molecule has 0 aromatic carbocycles. The Bertz CT molecular complexity index is 431. The van der Waals surface area contributed by atoms with E-state index < -0.39 is 5.97 Å². The van der Waals surface area contributed by atoms with E-state index in [1.54, 1.807) is 0 Å². The first-order valence-electron chi connectivity index (χ1n) is 6.48. The Labute approximate surface area is 107 Å². The van der Waals surface area contributed by atoms with Crippen molar-refractivity contribution in [3.05, 3.63) is 11.7 Å². The topological polar surface area (TPSA) is 76.2 Å². The standard InChI is InChI=1S/C13H20N2O3/c1-6(2)10(7(3)4)11-14-12(18-15-11)8-5-9(8)13(16)17/h6-10H,5H2,1-4H3,(H,16,17). The van der Waals surface area contributed by atoms with Gasteiger partial charge >= 0.3 is 5.97 Å². The zero-order valence-electron chi connectivity index (χ0n) is 11.3. The zero-order chi connectivity index (χ0) is 13.4. The number of nitrogens with zero attached hydrogens (tertiary/aromatic N) is 2. The van der Waals surface area contributed by atoms with Crippen LogP contribution >= 0.6 is 0 Å². The summed E-state index contributed by atoms with van der Waals surface area (Å²) in [5.74, 6) is 1.14. The Hall–Kier alpha value is -1.39. The summed E-state index contributed by atoms with van der Waals surface area (Å²) < 4.78 is 5.23. The van der Waals surface area contributed by atoms with Crippen molar-refractivity contribution in [2.75, 3.05) is 0 Å². The van der Waals surface area contributed by atoms with E-state index in [2.05, 4.69) is 37.8 Å². The van der Waals surface area contributed by atoms with Gasteiger partial charge in [0, 0.05) is 5.92 Å². The molecule has 0 saturated heterocycles. The van der Waals surface area contributed by atoms with Crippen molar-refractivity contribution >= 4 is 5.97 Å². The van der Waals surface area contributed by atoms with Gasteiger partial charge in [-0.25, -0.2) is 0 Å². The van der Waals surface area contributed by atoms with Crippen LogP contribution < -0.4 is 0 Å². The smallest absolute Gasteiger partial charge is 0.307 e. The minimum absolute atomic E-state index is 0.0799. The van der Waals surface area contributed by atoms with Gasteiger partial charge in [0.05, 0.1) is 11.8 Å². The minimum Gasteiger partial charge on any atom is -0.481 e. The maximum atomic E-state index is 10.8. The molecule has 100 valence electrons. The lowest BCUT2D eigenvalue weighted by molar-refractivity contribution is -0.138. The molecule has 5 nitrogen and oxygen atoms in total. The molecule has 1 saturated carbocycles. The Morgan fingerprint density at radius 3 is 2.39 bits per heavy atom. The molecule has 2 unspecified atom stereocenters. The van der Waals surface area contributed by atoms with Gasteiger partial charge < -0.3 is 9.63 Å². The average molecular weight is 252 g/mol. The molecule has 1 heterocycles. The lowest BCUT2D eigenvalue weighted by atomic mass is 9.85. The number of rotatable bonds is 5. The molecule has 0 spiro atoms. The van der Waals surface area contributed by atoms with Gasteiger partial charge in [-0.2, -0.15) is 4.98 Å². The number of aliphatic carboxylic acids is 1. The van der Waals surface area contributed by atoms with Crippen molar-refractivity contribution in [1.82, 2.24) is 10.1 Å². The highest BCUT2D eigenvalue weighted by Crippen LogP contribution is 2.47. The molecule has 2 atom stereocenters. The van der Waals surface area contributed by atoms with Crippen molar-refractivity contribution in [3.63, 3.8) is 0 Å². The Morgan fingerprint density at radius 1 is 1.33 bits per heavy atom. The Balaban J connectivity index is 2.13. The number of carbonyl (C=O) groups is 1. The minimum atomic E-state index is -0.774. The molecular weight excluding hydrogens is 232 g/mol. The molecule has 1 aromatic heterocycles. The summed E-state index contributed by atoms with van der Waals surface area (Å²) in [4.78, 5) is 15.2. The number of carboxylic acids is 1. The summed E-state index contributed by atoms with van der Waals surface area (Å²) in [5.41, 5.74) is 0. The highest BCUT2D eigenvalue weighted by Gasteiger charge is 2.48. The van der Waals surface area contributed by atoms with Crippen LogP contribution in [0.4, 0.5) is 0 Å². The summed E-state index contributed by atoms with van der Waals surface area (Å²) in [6.07, 6.45) is 0.616. The van der Waals surface area contributed by atoms with Gasteiger partial charge in [0.2, 0.25) is 5.89 Å². The first-order chi connectivity index (χ1) is 8.41. The van der Waals surface area contributed by atoms with Crippen molar-refractivity contribution in [3.8, 4) is 0 Å². The molecule has 1 fully saturated rings. The van der Waals surface area contributed by atoms with Crippen LogP contribution in [0.2, 0.25) is 0 Å². The molecule has 5 heteroatoms. The molecule has 0 bridgehead atoms. The van der Waals surface area contributed by atoms with E-state index >= 15 is 0 Å². The van der Waals surface area contributed by atoms with Crippen LogP contribution in [0.3, 0.4) is 0 Å². The average Bonchev–Trinajstić information content (AvgIpc) is 2.92. The van der Waals surface area contributed by atoms with Gasteiger partial charge in [-0.15, -0.1) is 0 Å². The second kappa shape index (κ2) is 4.71. The van der Waals surface area contributed by atoms with Gasteiger partial charge in [-0.05, 0) is 18.3 Å². The summed E-state index contributed by atoms with van der Waals surface area (Å²) in [7, 11) is 0. The van der Waals surface area contributed by atoms with Gasteiger partial charge in [0.1, 0.15) is 0 Å². The molecule has 0 aliphatic heterocycles. The van der Waals surface area contributed by atoms with E-state index in [-0.39, 0.29) is 17.8 Å². The molecule has 1 aliphatic carbocycles. The van der Waals surface area contributed by atoms with E-state index in [1.165, 1.54) is 0 Å². The van der Waals surface area contributed by atoms with Gasteiger partial charge in [0.15, 0.2) is 5.82 Å². The van der Waals surface area contributed by atoms with Crippen LogP contribution in [0.25, 0.3) is 0 Å². The van der Waals surface area contributed by atoms with Crippen molar-refractivity contribution in [2.45, 2.75) is 46.0 Å². The first-order valence-corrected chi connectivity index (χ1v) is 6.48. The van der Waals surface area contributed by atoms with Crippen LogP contribution in [0.5, 0.6) is 0 Å². The van der Waals surface area contributed by atoms with Crippen LogP contribution in [0, 0.1) is 17.8 Å². The van der Waals surface area contributed by atoms with E-state index in [4.69, 9.17) is 9.63 Å². The van der Waals surface area contributed by atoms with Crippen LogP contribution in [-0.4, -0.2) is 21.2 Å². The fourth-order valence-corrected chi connectivity index (χ4v) is 2.64. The van der Waals surface area contributed by atoms with Gasteiger partial charge in [-0.1, -0.05) is 32.9 Å². The lowest BCUT2D eigenvalue weighted by Crippen LogP contribution is -2.15. The van der Waals surface area contributed by atoms with Crippen LogP contribution in [-0.2, 0) is 4.79 Å². The predicted molar refractivity (Wildman–Crippen MR) is 65.2 cm³/mol. The maximum absolute atomic E-state index is 10.8. The summed E-state index contributed by atoms with van der Waals surface area (Å²) in [6.45, 7) is 8.55. The van der Waals surface area contributed by atoms with E-state index in [0.29, 0.717) is 30.0 Å². The Morgan fingerprint density at radius 2 is 1.94 bits per heavy atom. The highest BCUT2D eigenvalue weighted by atomic mass is 16.5. The lowest BCUT2D eigenvalue weighted by Gasteiger charge is -2.20. The number of carboxylic acid groups (broad SMARTS) is 1. The number of hydrogen-bond acceptors (Lipinski definition) is 4. The number of aromatic nitrogens is 2. The third-order valence-corrected chi connectivity index (χ3v) is 3.62. The molecule has 18 heavy (non-hydrogen) atoms. The SMILES string of the molecule is CC(C)C(c1noc(C2CC2C(=O)O)n1)C(C)C. The molecule has 0 radical (unpaired) electrons. The zero-order valence-corrected chi connectivity index (χ0v) is 11.3. The third kappa shape index (κ3) is 2.40. The fraction of sp³-hybridized carbons (Fsp3) is 0.769. The molecule has 1 N–H and O–H groups in total. The van der Waals surface area contributed by atoms with E-state index in [9.17, 15) is 4.79 Å². The van der Waals surface area contributed by atoms with Gasteiger partial charge in [0.25, 0.3) is 0 Å². The summed E-state index contributed by atoms with van der Waals surface area (Å²) >= 11 is 0. The quantitative estimate of drug-likeness (QED) is 0.871. The highest BCUT2D eigenvalue weighted by molar-refractivity contribution is 5.74. The monoisotopic (exact) mass is 252 g/mol.